The molecule has 2 aromatic rings. The summed E-state index contributed by atoms with van der Waals surface area (Å²) in [5, 5.41) is 4.36. The lowest BCUT2D eigenvalue weighted by atomic mass is 10.2. The molecule has 0 bridgehead atoms. The molecule has 0 fully saturated rings. The van der Waals surface area contributed by atoms with Crippen LogP contribution in [0.2, 0.25) is 0 Å². The first-order valence-electron chi connectivity index (χ1n) is 16.6. The molecule has 252 valence electrons. The van der Waals surface area contributed by atoms with E-state index in [1.165, 1.54) is 0 Å². The molecule has 46 heavy (non-hydrogen) atoms. The number of anilines is 5. The van der Waals surface area contributed by atoms with Gasteiger partial charge in [-0.25, -0.2) is 5.43 Å². The molecule has 2 heterocycles. The summed E-state index contributed by atoms with van der Waals surface area (Å²) < 4.78 is 0. The monoisotopic (exact) mass is 633 g/mol. The van der Waals surface area contributed by atoms with E-state index >= 15 is 0 Å². The Hall–Kier alpha value is -4.42. The van der Waals surface area contributed by atoms with Crippen LogP contribution >= 0.6 is 0 Å². The third kappa shape index (κ3) is 11.8. The lowest BCUT2D eigenvalue weighted by molar-refractivity contribution is 0.751. The first-order valence-corrected chi connectivity index (χ1v) is 16.6. The number of allylic oxidation sites excluding steroid dienone is 6. The summed E-state index contributed by atoms with van der Waals surface area (Å²) >= 11 is 0. The smallest absolute Gasteiger partial charge is 0.250 e. The van der Waals surface area contributed by atoms with Gasteiger partial charge in [-0.15, -0.1) is 0 Å². The number of hydrogen-bond acceptors (Lipinski definition) is 13. The molecule has 0 saturated heterocycles. The highest BCUT2D eigenvalue weighted by Gasteiger charge is 2.15. The number of rotatable bonds is 20. The molecule has 2 aromatic heterocycles. The minimum atomic E-state index is 0.385. The van der Waals surface area contributed by atoms with Crippen LogP contribution in [0.1, 0.15) is 75.1 Å². The van der Waals surface area contributed by atoms with Gasteiger partial charge in [-0.1, -0.05) is 24.3 Å². The van der Waals surface area contributed by atoms with Gasteiger partial charge in [0.15, 0.2) is 5.82 Å². The van der Waals surface area contributed by atoms with Crippen molar-refractivity contribution in [3.8, 4) is 0 Å². The molecule has 1 N–H and O–H groups in total. The van der Waals surface area contributed by atoms with E-state index in [4.69, 9.17) is 15.0 Å². The van der Waals surface area contributed by atoms with Crippen LogP contribution in [0.4, 0.5) is 29.7 Å². The van der Waals surface area contributed by atoms with Crippen molar-refractivity contribution in [1.82, 2.24) is 29.9 Å². The third-order valence-electron chi connectivity index (χ3n) is 7.24. The zero-order chi connectivity index (χ0) is 33.9. The zero-order valence-electron chi connectivity index (χ0n) is 29.7. The Morgan fingerprint density at radius 3 is 1.30 bits per heavy atom. The summed E-state index contributed by atoms with van der Waals surface area (Å²) in [4.78, 5) is 41.0. The summed E-state index contributed by atoms with van der Waals surface area (Å²) in [7, 11) is 0. The Balaban J connectivity index is 2.06. The van der Waals surface area contributed by atoms with Crippen molar-refractivity contribution in [2.75, 3.05) is 77.4 Å². The Labute approximate surface area is 276 Å². The average molecular weight is 634 g/mol. The van der Waals surface area contributed by atoms with Crippen LogP contribution < -0.4 is 25.0 Å². The first kappa shape index (κ1) is 37.8. The molecule has 0 saturated carbocycles. The van der Waals surface area contributed by atoms with Crippen LogP contribution in [0.25, 0.3) is 0 Å². The molecule has 2 rings (SSSR count). The van der Waals surface area contributed by atoms with E-state index in [-0.39, 0.29) is 0 Å². The second kappa shape index (κ2) is 20.6. The van der Waals surface area contributed by atoms with E-state index in [1.807, 2.05) is 44.4 Å². The van der Waals surface area contributed by atoms with Gasteiger partial charge in [-0.05, 0) is 80.4 Å². The van der Waals surface area contributed by atoms with Gasteiger partial charge >= 0.3 is 0 Å². The van der Waals surface area contributed by atoms with Crippen molar-refractivity contribution in [1.29, 1.82) is 0 Å². The van der Waals surface area contributed by atoms with Crippen molar-refractivity contribution >= 4 is 42.2 Å². The van der Waals surface area contributed by atoms with Crippen molar-refractivity contribution in [2.24, 2.45) is 10.1 Å². The number of nitrogens with zero attached hydrogens (tertiary/aromatic N) is 12. The van der Waals surface area contributed by atoms with Gasteiger partial charge in [-0.3, -0.25) is 4.99 Å². The fraction of sp³-hybridized carbons (Fsp3) is 0.576. The Morgan fingerprint density at radius 2 is 0.913 bits per heavy atom. The van der Waals surface area contributed by atoms with Crippen LogP contribution in [-0.2, 0) is 6.54 Å². The standard InChI is InChI=1S/C33H55N13/c1-11-43(12-2)30-36-28(37-31(40-30)44(13-3)14-4)25-34-23-26(9)21-19-20-22-27(10)24-35-42-29-38-32(45(15-5)16-6)41-33(39-29)46(17-7)18-8/h19-24H,11-18,25H2,1-10H3,(H,38,39,41,42)/b20-19+,26-21+,27-22+,34-23?,35-24+. The van der Waals surface area contributed by atoms with Crippen LogP contribution in [0, 0.1) is 0 Å². The molecule has 0 amide bonds. The van der Waals surface area contributed by atoms with Crippen LogP contribution in [0.5, 0.6) is 0 Å². The predicted molar refractivity (Wildman–Crippen MR) is 195 cm³/mol. The van der Waals surface area contributed by atoms with Gasteiger partial charge in [-0.2, -0.15) is 35.0 Å². The van der Waals surface area contributed by atoms with Gasteiger partial charge in [0.05, 0.1) is 12.8 Å². The molecule has 0 aliphatic rings. The maximum absolute atomic E-state index is 4.72. The van der Waals surface area contributed by atoms with Gasteiger partial charge in [0, 0.05) is 58.6 Å². The minimum absolute atomic E-state index is 0.385. The molecule has 13 heteroatoms. The van der Waals surface area contributed by atoms with E-state index < -0.39 is 0 Å². The molecule has 0 aliphatic carbocycles. The van der Waals surface area contributed by atoms with Crippen molar-refractivity contribution in [3.63, 3.8) is 0 Å². The lowest BCUT2D eigenvalue weighted by Gasteiger charge is -2.23. The minimum Gasteiger partial charge on any atom is -0.341 e. The van der Waals surface area contributed by atoms with Crippen molar-refractivity contribution in [3.05, 3.63) is 41.3 Å². The SMILES string of the molecule is CCN(CC)c1nc(CN=C/C(C)=C/C=C/C=C(C)/C=N/Nc2nc(N(CC)CC)nc(N(CC)CC)n2)nc(N(CC)CC)n1. The second-order valence-corrected chi connectivity index (χ2v) is 10.3. The van der Waals surface area contributed by atoms with Gasteiger partial charge < -0.3 is 19.6 Å². The molecule has 0 radical (unpaired) electrons. The molecule has 0 aromatic carbocycles. The van der Waals surface area contributed by atoms with E-state index in [9.17, 15) is 0 Å². The van der Waals surface area contributed by atoms with Crippen LogP contribution in [0.15, 0.2) is 45.5 Å². The average Bonchev–Trinajstić information content (AvgIpc) is 3.05. The maximum Gasteiger partial charge on any atom is 0.250 e. The van der Waals surface area contributed by atoms with E-state index in [0.29, 0.717) is 42.1 Å². The van der Waals surface area contributed by atoms with Gasteiger partial charge in [0.1, 0.15) is 0 Å². The number of hydrogen-bond donors (Lipinski definition) is 1. The molecule has 0 atom stereocenters. The highest BCUT2D eigenvalue weighted by molar-refractivity contribution is 5.79. The number of nitrogens with one attached hydrogen (secondary N) is 1. The van der Waals surface area contributed by atoms with Gasteiger partial charge in [0.25, 0.3) is 0 Å². The van der Waals surface area contributed by atoms with Crippen molar-refractivity contribution < 1.29 is 0 Å². The molecular weight excluding hydrogens is 578 g/mol. The van der Waals surface area contributed by atoms with Crippen molar-refractivity contribution in [2.45, 2.75) is 75.8 Å². The third-order valence-corrected chi connectivity index (χ3v) is 7.24. The highest BCUT2D eigenvalue weighted by Crippen LogP contribution is 2.17. The maximum atomic E-state index is 4.72. The van der Waals surface area contributed by atoms with Crippen LogP contribution in [0.3, 0.4) is 0 Å². The summed E-state index contributed by atoms with van der Waals surface area (Å²) in [6, 6.07) is 0. The van der Waals surface area contributed by atoms with E-state index in [0.717, 1.165) is 63.5 Å². The Kier molecular flexibility index (Phi) is 16.9. The number of hydrazone groups is 1. The molecule has 0 spiro atoms. The fourth-order valence-electron chi connectivity index (χ4n) is 4.43. The summed E-state index contributed by atoms with van der Waals surface area (Å²) in [5.41, 5.74) is 4.96. The summed E-state index contributed by atoms with van der Waals surface area (Å²) in [6.07, 6.45) is 11.5. The zero-order valence-corrected chi connectivity index (χ0v) is 29.7. The normalized spacial score (nSPS) is 12.5. The largest absolute Gasteiger partial charge is 0.341 e. The van der Waals surface area contributed by atoms with Crippen LogP contribution in [-0.4, -0.2) is 94.7 Å². The predicted octanol–water partition coefficient (Wildman–Crippen LogP) is 5.56. The van der Waals surface area contributed by atoms with E-state index in [1.54, 1.807) is 6.21 Å². The topological polar surface area (TPSA) is 127 Å². The van der Waals surface area contributed by atoms with Gasteiger partial charge in [0.2, 0.25) is 29.7 Å². The molecule has 0 aliphatic heterocycles. The second-order valence-electron chi connectivity index (χ2n) is 10.3. The quantitative estimate of drug-likeness (QED) is 0.112. The molecule has 0 unspecified atom stereocenters. The molecular formula is C33H55N13. The number of aliphatic imine (C=N–C) groups is 1. The molecule has 13 nitrogen and oxygen atoms in total. The Bertz CT molecular complexity index is 1170. The lowest BCUT2D eigenvalue weighted by Crippen LogP contribution is -2.29. The summed E-state index contributed by atoms with van der Waals surface area (Å²) in [5.74, 6) is 3.76. The fourth-order valence-corrected chi connectivity index (χ4v) is 4.43. The van der Waals surface area contributed by atoms with E-state index in [2.05, 4.69) is 105 Å². The first-order chi connectivity index (χ1) is 22.3. The number of aromatic nitrogens is 6. The highest BCUT2D eigenvalue weighted by atomic mass is 15.4. The summed E-state index contributed by atoms with van der Waals surface area (Å²) in [6.45, 7) is 27.7. The Morgan fingerprint density at radius 1 is 0.543 bits per heavy atom.